The molecule has 21 heavy (non-hydrogen) atoms. The number of carbonyl (C=O) groups is 1. The number of thiophene rings is 1. The maximum Gasteiger partial charge on any atom is 0.238 e. The van der Waals surface area contributed by atoms with Crippen molar-refractivity contribution < 1.29 is 4.79 Å². The Morgan fingerprint density at radius 2 is 2.14 bits per heavy atom. The molecule has 0 saturated heterocycles. The first-order valence-corrected chi connectivity index (χ1v) is 8.06. The molecule has 3 nitrogen and oxygen atoms in total. The van der Waals surface area contributed by atoms with Crippen LogP contribution in [0.3, 0.4) is 0 Å². The molecule has 0 fully saturated rings. The van der Waals surface area contributed by atoms with Crippen molar-refractivity contribution in [2.75, 3.05) is 11.9 Å². The first-order valence-electron chi connectivity index (χ1n) is 6.87. The van der Waals surface area contributed by atoms with Gasteiger partial charge in [0.05, 0.1) is 6.54 Å². The fourth-order valence-corrected chi connectivity index (χ4v) is 3.22. The Bertz CT molecular complexity index is 612. The standard InChI is InChI=1S/C16H19ClN2OS/c1-11(8-15-7-6-12(2)21-15)18-10-16(20)19-14-5-3-4-13(17)9-14/h3-7,9,11,18H,8,10H2,1-2H3,(H,19,20). The van der Waals surface area contributed by atoms with E-state index in [1.165, 1.54) is 9.75 Å². The van der Waals surface area contributed by atoms with E-state index in [1.54, 1.807) is 23.5 Å². The monoisotopic (exact) mass is 322 g/mol. The summed E-state index contributed by atoms with van der Waals surface area (Å²) in [5.74, 6) is -0.0634. The van der Waals surface area contributed by atoms with Gasteiger partial charge in [0.1, 0.15) is 0 Å². The minimum Gasteiger partial charge on any atom is -0.325 e. The Morgan fingerprint density at radius 1 is 1.33 bits per heavy atom. The number of carbonyl (C=O) groups excluding carboxylic acids is 1. The van der Waals surface area contributed by atoms with Crippen molar-refractivity contribution in [3.63, 3.8) is 0 Å². The maximum atomic E-state index is 11.9. The third-order valence-corrected chi connectivity index (χ3v) is 4.28. The van der Waals surface area contributed by atoms with Crippen molar-refractivity contribution >= 4 is 34.5 Å². The summed E-state index contributed by atoms with van der Waals surface area (Å²) in [6.45, 7) is 4.48. The highest BCUT2D eigenvalue weighted by atomic mass is 35.5. The van der Waals surface area contributed by atoms with Crippen molar-refractivity contribution in [2.45, 2.75) is 26.3 Å². The Hall–Kier alpha value is -1.36. The second-order valence-corrected chi connectivity index (χ2v) is 6.87. The number of hydrogen-bond acceptors (Lipinski definition) is 3. The van der Waals surface area contributed by atoms with Gasteiger partial charge in [-0.3, -0.25) is 4.79 Å². The molecule has 0 bridgehead atoms. The molecule has 112 valence electrons. The summed E-state index contributed by atoms with van der Waals surface area (Å²) in [5, 5.41) is 6.67. The quantitative estimate of drug-likeness (QED) is 0.847. The zero-order valence-electron chi connectivity index (χ0n) is 12.2. The van der Waals surface area contributed by atoms with Crippen LogP contribution < -0.4 is 10.6 Å². The topological polar surface area (TPSA) is 41.1 Å². The van der Waals surface area contributed by atoms with E-state index in [1.807, 2.05) is 12.1 Å². The zero-order valence-corrected chi connectivity index (χ0v) is 13.7. The van der Waals surface area contributed by atoms with Crippen LogP contribution in [0.4, 0.5) is 5.69 Å². The summed E-state index contributed by atoms with van der Waals surface area (Å²) in [7, 11) is 0. The van der Waals surface area contributed by atoms with Gasteiger partial charge in [0.15, 0.2) is 0 Å². The molecule has 5 heteroatoms. The molecule has 1 amide bonds. The fourth-order valence-electron chi connectivity index (χ4n) is 2.01. The minimum atomic E-state index is -0.0634. The molecule has 0 radical (unpaired) electrons. The van der Waals surface area contributed by atoms with Crippen molar-refractivity contribution in [1.82, 2.24) is 5.32 Å². The average Bonchev–Trinajstić information content (AvgIpc) is 2.82. The van der Waals surface area contributed by atoms with Gasteiger partial charge in [-0.15, -0.1) is 11.3 Å². The van der Waals surface area contributed by atoms with Crippen LogP contribution >= 0.6 is 22.9 Å². The number of anilines is 1. The van der Waals surface area contributed by atoms with E-state index in [0.717, 1.165) is 12.1 Å². The third kappa shape index (κ3) is 5.50. The smallest absolute Gasteiger partial charge is 0.238 e. The molecule has 1 aromatic carbocycles. The SMILES string of the molecule is Cc1ccc(CC(C)NCC(=O)Nc2cccc(Cl)c2)s1. The number of amides is 1. The predicted molar refractivity (Wildman–Crippen MR) is 90.3 cm³/mol. The highest BCUT2D eigenvalue weighted by Gasteiger charge is 2.08. The molecular weight excluding hydrogens is 304 g/mol. The zero-order chi connectivity index (χ0) is 15.2. The van der Waals surface area contributed by atoms with E-state index < -0.39 is 0 Å². The van der Waals surface area contributed by atoms with Crippen LogP contribution in [0.5, 0.6) is 0 Å². The van der Waals surface area contributed by atoms with Gasteiger partial charge in [0.2, 0.25) is 5.91 Å². The van der Waals surface area contributed by atoms with Crippen molar-refractivity contribution in [3.05, 3.63) is 51.2 Å². The normalized spacial score (nSPS) is 12.1. The lowest BCUT2D eigenvalue weighted by Crippen LogP contribution is -2.35. The average molecular weight is 323 g/mol. The Morgan fingerprint density at radius 3 is 2.81 bits per heavy atom. The van der Waals surface area contributed by atoms with E-state index in [0.29, 0.717) is 5.02 Å². The Balaban J connectivity index is 1.75. The van der Waals surface area contributed by atoms with Gasteiger partial charge in [-0.05, 0) is 50.6 Å². The molecule has 0 spiro atoms. The van der Waals surface area contributed by atoms with Gasteiger partial charge in [-0.25, -0.2) is 0 Å². The van der Waals surface area contributed by atoms with E-state index in [4.69, 9.17) is 11.6 Å². The number of rotatable bonds is 6. The minimum absolute atomic E-state index is 0.0634. The summed E-state index contributed by atoms with van der Waals surface area (Å²) in [6.07, 6.45) is 0.933. The molecule has 2 rings (SSSR count). The molecule has 0 aliphatic heterocycles. The van der Waals surface area contributed by atoms with Gasteiger partial charge in [0, 0.05) is 26.5 Å². The lowest BCUT2D eigenvalue weighted by atomic mass is 10.2. The molecule has 0 aliphatic carbocycles. The number of halogens is 1. The molecule has 1 aromatic heterocycles. The largest absolute Gasteiger partial charge is 0.325 e. The lowest BCUT2D eigenvalue weighted by molar-refractivity contribution is -0.115. The van der Waals surface area contributed by atoms with Crippen LogP contribution in [-0.2, 0) is 11.2 Å². The molecular formula is C16H19ClN2OS. The van der Waals surface area contributed by atoms with Crippen LogP contribution in [0.2, 0.25) is 5.02 Å². The van der Waals surface area contributed by atoms with Crippen LogP contribution in [0.25, 0.3) is 0 Å². The molecule has 0 saturated carbocycles. The molecule has 0 aliphatic rings. The van der Waals surface area contributed by atoms with E-state index in [-0.39, 0.29) is 18.5 Å². The van der Waals surface area contributed by atoms with E-state index in [9.17, 15) is 4.79 Å². The predicted octanol–water partition coefficient (Wildman–Crippen LogP) is 3.87. The molecule has 1 atom stereocenters. The maximum absolute atomic E-state index is 11.9. The second kappa shape index (κ2) is 7.59. The van der Waals surface area contributed by atoms with Crippen LogP contribution in [0.1, 0.15) is 16.7 Å². The first kappa shape index (κ1) is 16.0. The highest BCUT2D eigenvalue weighted by Crippen LogP contribution is 2.17. The highest BCUT2D eigenvalue weighted by molar-refractivity contribution is 7.11. The first-order chi connectivity index (χ1) is 10.0. The summed E-state index contributed by atoms with van der Waals surface area (Å²) in [4.78, 5) is 14.5. The van der Waals surface area contributed by atoms with Crippen LogP contribution in [0.15, 0.2) is 36.4 Å². The van der Waals surface area contributed by atoms with Crippen LogP contribution in [-0.4, -0.2) is 18.5 Å². The Kier molecular flexibility index (Phi) is 5.79. The number of nitrogens with one attached hydrogen (secondary N) is 2. The fraction of sp³-hybridized carbons (Fsp3) is 0.312. The van der Waals surface area contributed by atoms with Crippen molar-refractivity contribution in [1.29, 1.82) is 0 Å². The summed E-state index contributed by atoms with van der Waals surface area (Å²) < 4.78 is 0. The van der Waals surface area contributed by atoms with Crippen molar-refractivity contribution in [3.8, 4) is 0 Å². The summed E-state index contributed by atoms with van der Waals surface area (Å²) >= 11 is 7.68. The third-order valence-electron chi connectivity index (χ3n) is 3.02. The van der Waals surface area contributed by atoms with Gasteiger partial charge >= 0.3 is 0 Å². The molecule has 1 unspecified atom stereocenters. The Labute approximate surface area is 134 Å². The summed E-state index contributed by atoms with van der Waals surface area (Å²) in [6, 6.07) is 11.7. The van der Waals surface area contributed by atoms with E-state index >= 15 is 0 Å². The molecule has 2 aromatic rings. The van der Waals surface area contributed by atoms with Gasteiger partial charge in [-0.1, -0.05) is 17.7 Å². The van der Waals surface area contributed by atoms with Crippen molar-refractivity contribution in [2.24, 2.45) is 0 Å². The van der Waals surface area contributed by atoms with Gasteiger partial charge in [-0.2, -0.15) is 0 Å². The summed E-state index contributed by atoms with van der Waals surface area (Å²) in [5.41, 5.74) is 0.718. The molecule has 1 heterocycles. The second-order valence-electron chi connectivity index (χ2n) is 5.06. The molecule has 2 N–H and O–H groups in total. The number of benzene rings is 1. The lowest BCUT2D eigenvalue weighted by Gasteiger charge is -2.13. The van der Waals surface area contributed by atoms with E-state index in [2.05, 4.69) is 36.6 Å². The van der Waals surface area contributed by atoms with Crippen LogP contribution in [0, 0.1) is 6.92 Å². The number of aryl methyl sites for hydroxylation is 1. The van der Waals surface area contributed by atoms with Gasteiger partial charge in [0.25, 0.3) is 0 Å². The number of hydrogen-bond donors (Lipinski definition) is 2. The van der Waals surface area contributed by atoms with Gasteiger partial charge < -0.3 is 10.6 Å².